The molecule has 0 unspecified atom stereocenters. The first-order valence-electron chi connectivity index (χ1n) is 11.0. The van der Waals surface area contributed by atoms with Crippen molar-refractivity contribution in [2.24, 2.45) is 5.73 Å². The molecule has 0 aliphatic rings. The molecule has 0 aliphatic carbocycles. The van der Waals surface area contributed by atoms with Gasteiger partial charge in [0.15, 0.2) is 0 Å². The van der Waals surface area contributed by atoms with Gasteiger partial charge in [-0.15, -0.1) is 0 Å². The van der Waals surface area contributed by atoms with Gasteiger partial charge in [-0.25, -0.2) is 0 Å². The Morgan fingerprint density at radius 1 is 0.759 bits per heavy atom. The number of rotatable bonds is 19. The Balaban J connectivity index is 2.38. The van der Waals surface area contributed by atoms with Crippen LogP contribution in [0.5, 0.6) is 0 Å². The minimum absolute atomic E-state index is 0.244. The van der Waals surface area contributed by atoms with E-state index in [1.165, 1.54) is 32.1 Å². The first-order chi connectivity index (χ1) is 14.2. The van der Waals surface area contributed by atoms with E-state index in [2.05, 4.69) is 51.7 Å². The Morgan fingerprint density at radius 3 is 2.00 bits per heavy atom. The number of anilines is 3. The van der Waals surface area contributed by atoms with E-state index in [1.807, 2.05) is 0 Å². The van der Waals surface area contributed by atoms with Crippen molar-refractivity contribution in [3.63, 3.8) is 0 Å². The van der Waals surface area contributed by atoms with E-state index in [-0.39, 0.29) is 6.04 Å². The third-order valence-electron chi connectivity index (χ3n) is 4.03. The zero-order valence-corrected chi connectivity index (χ0v) is 18.5. The summed E-state index contributed by atoms with van der Waals surface area (Å²) in [6, 6.07) is 0.244. The highest BCUT2D eigenvalue weighted by atomic mass is 16.5. The highest BCUT2D eigenvalue weighted by Crippen LogP contribution is 2.11. The zero-order chi connectivity index (χ0) is 21.2. The highest BCUT2D eigenvalue weighted by Gasteiger charge is 2.07. The fraction of sp³-hybridized carbons (Fsp3) is 0.850. The molecule has 0 atom stereocenters. The van der Waals surface area contributed by atoms with Crippen molar-refractivity contribution in [3.8, 4) is 0 Å². The zero-order valence-electron chi connectivity index (χ0n) is 18.5. The van der Waals surface area contributed by atoms with Gasteiger partial charge in [0.05, 0.1) is 26.4 Å². The summed E-state index contributed by atoms with van der Waals surface area (Å²) in [5.74, 6) is 1.70. The molecule has 1 heterocycles. The first kappa shape index (κ1) is 25.3. The Labute approximate surface area is 176 Å². The molecule has 1 rings (SSSR count). The summed E-state index contributed by atoms with van der Waals surface area (Å²) in [5.41, 5.74) is 5.37. The minimum Gasteiger partial charge on any atom is -0.378 e. The summed E-state index contributed by atoms with van der Waals surface area (Å²) in [7, 11) is 0. The molecule has 0 saturated heterocycles. The quantitative estimate of drug-likeness (QED) is 0.255. The molecule has 0 aliphatic heterocycles. The molecule has 0 bridgehead atoms. The summed E-state index contributed by atoms with van der Waals surface area (Å²) in [4.78, 5) is 13.4. The van der Waals surface area contributed by atoms with Gasteiger partial charge in [0, 0.05) is 25.7 Å². The maximum Gasteiger partial charge on any atom is 0.229 e. The van der Waals surface area contributed by atoms with Crippen molar-refractivity contribution in [2.75, 3.05) is 62.0 Å². The number of ether oxygens (including phenoxy) is 2. The number of nitrogens with two attached hydrogens (primary N) is 1. The van der Waals surface area contributed by atoms with Crippen LogP contribution < -0.4 is 21.7 Å². The molecule has 0 saturated carbocycles. The molecule has 0 fully saturated rings. The predicted molar refractivity (Wildman–Crippen MR) is 120 cm³/mol. The number of unbranched alkanes of at least 4 members (excludes halogenated alkanes) is 5. The topological polar surface area (TPSA) is 119 Å². The lowest BCUT2D eigenvalue weighted by Gasteiger charge is -2.13. The fourth-order valence-electron chi connectivity index (χ4n) is 2.60. The van der Waals surface area contributed by atoms with Crippen molar-refractivity contribution >= 4 is 17.8 Å². The monoisotopic (exact) mass is 411 g/mol. The molecule has 0 aromatic carbocycles. The number of hydrogen-bond donors (Lipinski definition) is 4. The summed E-state index contributed by atoms with van der Waals surface area (Å²) in [6.07, 6.45) is 7.55. The molecule has 29 heavy (non-hydrogen) atoms. The second-order valence-corrected chi connectivity index (χ2v) is 7.24. The molecule has 1 aromatic rings. The summed E-state index contributed by atoms with van der Waals surface area (Å²) < 4.78 is 10.8. The Kier molecular flexibility index (Phi) is 15.0. The van der Waals surface area contributed by atoms with Crippen LogP contribution >= 0.6 is 0 Å². The molecule has 1 aromatic heterocycles. The number of hydrogen-bond acceptors (Lipinski definition) is 9. The van der Waals surface area contributed by atoms with E-state index in [0.717, 1.165) is 13.0 Å². The second kappa shape index (κ2) is 17.2. The Bertz CT molecular complexity index is 518. The fourth-order valence-corrected chi connectivity index (χ4v) is 2.60. The van der Waals surface area contributed by atoms with Gasteiger partial charge in [0.25, 0.3) is 0 Å². The number of aromatic nitrogens is 3. The van der Waals surface area contributed by atoms with E-state index in [0.29, 0.717) is 57.4 Å². The van der Waals surface area contributed by atoms with Gasteiger partial charge in [0.2, 0.25) is 17.8 Å². The Morgan fingerprint density at radius 2 is 1.34 bits per heavy atom. The minimum atomic E-state index is 0.244. The summed E-state index contributed by atoms with van der Waals surface area (Å²) in [6.45, 7) is 10.6. The maximum absolute atomic E-state index is 5.52. The standard InChI is InChI=1S/C20H41N7O2/c1-4-5-6-7-8-9-11-22-18-25-19(27-20(26-18)24-17(2)3)23-12-14-29-16-15-28-13-10-21/h17H,4-16,21H2,1-3H3,(H3,22,23,24,25,26,27). The first-order valence-corrected chi connectivity index (χ1v) is 11.0. The number of nitrogens with one attached hydrogen (secondary N) is 3. The molecular formula is C20H41N7O2. The molecule has 0 radical (unpaired) electrons. The van der Waals surface area contributed by atoms with Crippen LogP contribution in [-0.2, 0) is 9.47 Å². The van der Waals surface area contributed by atoms with Crippen LogP contribution in [0.15, 0.2) is 0 Å². The van der Waals surface area contributed by atoms with Crippen LogP contribution in [0.4, 0.5) is 17.8 Å². The summed E-state index contributed by atoms with van der Waals surface area (Å²) >= 11 is 0. The molecular weight excluding hydrogens is 370 g/mol. The van der Waals surface area contributed by atoms with Crippen LogP contribution in [0.25, 0.3) is 0 Å². The van der Waals surface area contributed by atoms with Gasteiger partial charge in [-0.05, 0) is 20.3 Å². The molecule has 5 N–H and O–H groups in total. The van der Waals surface area contributed by atoms with Crippen molar-refractivity contribution in [2.45, 2.75) is 65.3 Å². The molecule has 0 amide bonds. The van der Waals surface area contributed by atoms with E-state index in [1.54, 1.807) is 0 Å². The van der Waals surface area contributed by atoms with Crippen molar-refractivity contribution in [3.05, 3.63) is 0 Å². The molecule has 9 nitrogen and oxygen atoms in total. The van der Waals surface area contributed by atoms with E-state index < -0.39 is 0 Å². The van der Waals surface area contributed by atoms with Crippen molar-refractivity contribution in [1.82, 2.24) is 15.0 Å². The smallest absolute Gasteiger partial charge is 0.229 e. The van der Waals surface area contributed by atoms with E-state index in [9.17, 15) is 0 Å². The van der Waals surface area contributed by atoms with Gasteiger partial charge in [0.1, 0.15) is 0 Å². The van der Waals surface area contributed by atoms with E-state index in [4.69, 9.17) is 15.2 Å². The Hall–Kier alpha value is -1.71. The van der Waals surface area contributed by atoms with Gasteiger partial charge in [-0.1, -0.05) is 39.0 Å². The van der Waals surface area contributed by atoms with E-state index >= 15 is 0 Å². The lowest BCUT2D eigenvalue weighted by Crippen LogP contribution is -2.18. The normalized spacial score (nSPS) is 11.1. The highest BCUT2D eigenvalue weighted by molar-refractivity contribution is 5.42. The second-order valence-electron chi connectivity index (χ2n) is 7.24. The van der Waals surface area contributed by atoms with Gasteiger partial charge in [-0.2, -0.15) is 15.0 Å². The maximum atomic E-state index is 5.52. The van der Waals surface area contributed by atoms with Crippen LogP contribution in [-0.4, -0.2) is 67.1 Å². The molecule has 0 spiro atoms. The SMILES string of the molecule is CCCCCCCCNc1nc(NCCOCCOCCN)nc(NC(C)C)n1. The lowest BCUT2D eigenvalue weighted by molar-refractivity contribution is 0.0547. The van der Waals surface area contributed by atoms with Crippen LogP contribution in [0, 0.1) is 0 Å². The number of nitrogens with zero attached hydrogens (tertiary/aromatic N) is 3. The molecule has 9 heteroatoms. The third kappa shape index (κ3) is 14.0. The van der Waals surface area contributed by atoms with Gasteiger partial charge < -0.3 is 31.2 Å². The van der Waals surface area contributed by atoms with Crippen LogP contribution in [0.2, 0.25) is 0 Å². The summed E-state index contributed by atoms with van der Waals surface area (Å²) in [5, 5.41) is 9.76. The van der Waals surface area contributed by atoms with Crippen molar-refractivity contribution in [1.29, 1.82) is 0 Å². The average molecular weight is 412 g/mol. The largest absolute Gasteiger partial charge is 0.378 e. The lowest BCUT2D eigenvalue weighted by atomic mass is 10.1. The van der Waals surface area contributed by atoms with Crippen LogP contribution in [0.1, 0.15) is 59.3 Å². The predicted octanol–water partition coefficient (Wildman–Crippen LogP) is 2.87. The van der Waals surface area contributed by atoms with Gasteiger partial charge in [-0.3, -0.25) is 0 Å². The van der Waals surface area contributed by atoms with Crippen molar-refractivity contribution < 1.29 is 9.47 Å². The van der Waals surface area contributed by atoms with Crippen LogP contribution in [0.3, 0.4) is 0 Å². The third-order valence-corrected chi connectivity index (χ3v) is 4.03. The average Bonchev–Trinajstić information content (AvgIpc) is 2.69. The van der Waals surface area contributed by atoms with Gasteiger partial charge >= 0.3 is 0 Å². The molecule has 168 valence electrons.